The zero-order valence-corrected chi connectivity index (χ0v) is 11.4. The maximum Gasteiger partial charge on any atom is 0.422 e. The topological polar surface area (TPSA) is 9.23 Å². The molecule has 0 fully saturated rings. The number of alkyl halides is 3. The fraction of sp³-hybridized carbons (Fsp3) is 0.538. The van der Waals surface area contributed by atoms with Gasteiger partial charge in [-0.1, -0.05) is 33.8 Å². The van der Waals surface area contributed by atoms with E-state index in [1.165, 1.54) is 12.1 Å². The molecule has 0 saturated carbocycles. The van der Waals surface area contributed by atoms with Gasteiger partial charge in [0.25, 0.3) is 0 Å². The van der Waals surface area contributed by atoms with Crippen molar-refractivity contribution in [3.8, 4) is 5.75 Å². The highest BCUT2D eigenvalue weighted by atomic mass is 19.4. The van der Waals surface area contributed by atoms with Crippen molar-refractivity contribution >= 4 is 0 Å². The Balaban J connectivity index is 0. The second kappa shape index (κ2) is 9.74. The Labute approximate surface area is 106 Å². The first-order valence-electron chi connectivity index (χ1n) is 5.84. The van der Waals surface area contributed by atoms with E-state index in [2.05, 4.69) is 4.74 Å². The monoisotopic (exact) mass is 268 g/mol. The third kappa shape index (κ3) is 8.84. The number of halogens is 4. The van der Waals surface area contributed by atoms with Crippen molar-refractivity contribution in [2.75, 3.05) is 6.61 Å². The Morgan fingerprint density at radius 2 is 1.56 bits per heavy atom. The van der Waals surface area contributed by atoms with Gasteiger partial charge in [-0.15, -0.1) is 0 Å². The molecule has 0 bridgehead atoms. The van der Waals surface area contributed by atoms with E-state index in [1.54, 1.807) is 6.92 Å². The van der Waals surface area contributed by atoms with E-state index < -0.39 is 18.6 Å². The van der Waals surface area contributed by atoms with Crippen LogP contribution < -0.4 is 4.74 Å². The predicted molar refractivity (Wildman–Crippen MR) is 65.4 cm³/mol. The summed E-state index contributed by atoms with van der Waals surface area (Å²) in [6.07, 6.45) is -4.45. The summed E-state index contributed by atoms with van der Waals surface area (Å²) in [4.78, 5) is 0. The van der Waals surface area contributed by atoms with Crippen molar-refractivity contribution in [2.45, 2.75) is 40.8 Å². The minimum atomic E-state index is -4.45. The molecule has 0 aliphatic heterocycles. The summed E-state index contributed by atoms with van der Waals surface area (Å²) in [6, 6.07) is 3.75. The molecule has 0 spiro atoms. The quantitative estimate of drug-likeness (QED) is 0.676. The van der Waals surface area contributed by atoms with E-state index in [1.807, 2.05) is 27.7 Å². The Morgan fingerprint density at radius 3 is 2.00 bits per heavy atom. The fourth-order valence-electron chi connectivity index (χ4n) is 0.881. The van der Waals surface area contributed by atoms with Crippen LogP contribution in [0.25, 0.3) is 0 Å². The average molecular weight is 268 g/mol. The summed E-state index contributed by atoms with van der Waals surface area (Å²) >= 11 is 0. The van der Waals surface area contributed by atoms with E-state index in [-0.39, 0.29) is 5.75 Å². The van der Waals surface area contributed by atoms with Crippen LogP contribution in [0, 0.1) is 12.7 Å². The lowest BCUT2D eigenvalue weighted by atomic mass is 10.2. The summed E-state index contributed by atoms with van der Waals surface area (Å²) in [6.45, 7) is 8.16. The number of hydrogen-bond acceptors (Lipinski definition) is 1. The third-order valence-corrected chi connectivity index (χ3v) is 1.48. The maximum absolute atomic E-state index is 12.9. The van der Waals surface area contributed by atoms with Gasteiger partial charge in [0, 0.05) is 0 Å². The molecule has 1 nitrogen and oxygen atoms in total. The molecule has 18 heavy (non-hydrogen) atoms. The predicted octanol–water partition coefficient (Wildman–Crippen LogP) is 5.13. The molecule has 0 aromatic heterocycles. The van der Waals surface area contributed by atoms with Gasteiger partial charge in [-0.2, -0.15) is 13.2 Å². The van der Waals surface area contributed by atoms with Gasteiger partial charge in [0.1, 0.15) is 0 Å². The van der Waals surface area contributed by atoms with Gasteiger partial charge in [0.2, 0.25) is 0 Å². The number of hydrogen-bond donors (Lipinski definition) is 0. The molecule has 0 radical (unpaired) electrons. The molecule has 0 amide bonds. The van der Waals surface area contributed by atoms with Crippen LogP contribution in [-0.4, -0.2) is 12.8 Å². The molecule has 1 aromatic rings. The second-order valence-corrected chi connectivity index (χ2v) is 2.84. The van der Waals surface area contributed by atoms with Crippen molar-refractivity contribution in [3.63, 3.8) is 0 Å². The molecule has 0 N–H and O–H groups in total. The van der Waals surface area contributed by atoms with Crippen LogP contribution in [0.4, 0.5) is 17.6 Å². The minimum Gasteiger partial charge on any atom is -0.481 e. The average Bonchev–Trinajstić information content (AvgIpc) is 2.34. The van der Waals surface area contributed by atoms with Gasteiger partial charge in [-0.25, -0.2) is 4.39 Å². The van der Waals surface area contributed by atoms with E-state index >= 15 is 0 Å². The van der Waals surface area contributed by atoms with Gasteiger partial charge < -0.3 is 4.74 Å². The number of rotatable bonds is 2. The first kappa shape index (κ1) is 19.1. The molecule has 106 valence electrons. The van der Waals surface area contributed by atoms with Crippen molar-refractivity contribution < 1.29 is 22.3 Å². The van der Waals surface area contributed by atoms with Crippen LogP contribution in [0.2, 0.25) is 0 Å². The Morgan fingerprint density at radius 1 is 1.06 bits per heavy atom. The zero-order chi connectivity index (χ0) is 14.8. The Hall–Kier alpha value is -1.26. The molecular weight excluding hydrogens is 248 g/mol. The van der Waals surface area contributed by atoms with Gasteiger partial charge in [0.15, 0.2) is 18.2 Å². The lowest BCUT2D eigenvalue weighted by Gasteiger charge is -2.09. The first-order chi connectivity index (χ1) is 8.38. The van der Waals surface area contributed by atoms with Crippen LogP contribution in [0.5, 0.6) is 5.75 Å². The van der Waals surface area contributed by atoms with Crippen molar-refractivity contribution in [1.29, 1.82) is 0 Å². The van der Waals surface area contributed by atoms with Crippen LogP contribution >= 0.6 is 0 Å². The van der Waals surface area contributed by atoms with E-state index in [0.29, 0.717) is 5.56 Å². The lowest BCUT2D eigenvalue weighted by molar-refractivity contribution is -0.153. The third-order valence-electron chi connectivity index (χ3n) is 1.48. The normalized spacial score (nSPS) is 9.61. The van der Waals surface area contributed by atoms with E-state index in [0.717, 1.165) is 6.07 Å². The van der Waals surface area contributed by atoms with Gasteiger partial charge in [0.05, 0.1) is 0 Å². The standard InChI is InChI=1S/C9H8F4O.2C2H6/c1-6-2-3-7(10)8(4-6)14-5-9(11,12)13;2*1-2/h2-4H,5H2,1H3;2*1-2H3. The largest absolute Gasteiger partial charge is 0.481 e. The SMILES string of the molecule is CC.CC.Cc1ccc(F)c(OCC(F)(F)F)c1. The highest BCUT2D eigenvalue weighted by Crippen LogP contribution is 2.22. The van der Waals surface area contributed by atoms with Crippen LogP contribution in [-0.2, 0) is 0 Å². The summed E-state index contributed by atoms with van der Waals surface area (Å²) in [5.41, 5.74) is 0.642. The van der Waals surface area contributed by atoms with Gasteiger partial charge >= 0.3 is 6.18 Å². The fourth-order valence-corrected chi connectivity index (χ4v) is 0.881. The molecule has 0 unspecified atom stereocenters. The highest BCUT2D eigenvalue weighted by molar-refractivity contribution is 5.29. The summed E-state index contributed by atoms with van der Waals surface area (Å²) in [7, 11) is 0. The minimum absolute atomic E-state index is 0.373. The van der Waals surface area contributed by atoms with Crippen molar-refractivity contribution in [1.82, 2.24) is 0 Å². The van der Waals surface area contributed by atoms with Crippen LogP contribution in [0.1, 0.15) is 33.3 Å². The molecule has 1 rings (SSSR count). The number of ether oxygens (including phenoxy) is 1. The van der Waals surface area contributed by atoms with Gasteiger partial charge in [-0.3, -0.25) is 0 Å². The first-order valence-corrected chi connectivity index (χ1v) is 5.84. The summed E-state index contributed by atoms with van der Waals surface area (Å²) < 4.78 is 52.3. The molecule has 5 heteroatoms. The zero-order valence-electron chi connectivity index (χ0n) is 11.4. The number of benzene rings is 1. The molecule has 0 saturated heterocycles. The Bertz CT molecular complexity index is 321. The molecule has 0 atom stereocenters. The van der Waals surface area contributed by atoms with Crippen molar-refractivity contribution in [3.05, 3.63) is 29.6 Å². The smallest absolute Gasteiger partial charge is 0.422 e. The highest BCUT2D eigenvalue weighted by Gasteiger charge is 2.28. The van der Waals surface area contributed by atoms with E-state index in [4.69, 9.17) is 0 Å². The van der Waals surface area contributed by atoms with E-state index in [9.17, 15) is 17.6 Å². The molecular formula is C13H20F4O. The van der Waals surface area contributed by atoms with Crippen molar-refractivity contribution in [2.24, 2.45) is 0 Å². The molecule has 1 aromatic carbocycles. The molecule has 0 aliphatic rings. The summed E-state index contributed by atoms with van der Waals surface area (Å²) in [5.74, 6) is -1.16. The lowest BCUT2D eigenvalue weighted by Crippen LogP contribution is -2.19. The maximum atomic E-state index is 12.9. The molecule has 0 aliphatic carbocycles. The Kier molecular flexibility index (Phi) is 10.3. The molecule has 0 heterocycles. The number of aryl methyl sites for hydroxylation is 1. The van der Waals surface area contributed by atoms with Gasteiger partial charge in [-0.05, 0) is 24.6 Å². The second-order valence-electron chi connectivity index (χ2n) is 2.84. The summed E-state index contributed by atoms with van der Waals surface area (Å²) in [5, 5.41) is 0. The van der Waals surface area contributed by atoms with Crippen LogP contribution in [0.3, 0.4) is 0 Å². The van der Waals surface area contributed by atoms with Crippen LogP contribution in [0.15, 0.2) is 18.2 Å².